The van der Waals surface area contributed by atoms with Crippen LogP contribution in [-0.4, -0.2) is 6.21 Å². The summed E-state index contributed by atoms with van der Waals surface area (Å²) in [6.07, 6.45) is 3.90. The average molecular weight is 159 g/mol. The SMILES string of the molecule is Cc1ccc(C2(C=N)CC2)cc1. The van der Waals surface area contributed by atoms with Crippen LogP contribution in [0.2, 0.25) is 0 Å². The van der Waals surface area contributed by atoms with E-state index in [0.717, 1.165) is 12.8 Å². The molecule has 1 fully saturated rings. The highest BCUT2D eigenvalue weighted by Gasteiger charge is 2.42. The summed E-state index contributed by atoms with van der Waals surface area (Å²) in [5.74, 6) is 0. The topological polar surface area (TPSA) is 23.9 Å². The first-order valence-corrected chi connectivity index (χ1v) is 4.36. The summed E-state index contributed by atoms with van der Waals surface area (Å²) in [7, 11) is 0. The van der Waals surface area contributed by atoms with Gasteiger partial charge in [0.25, 0.3) is 0 Å². The summed E-state index contributed by atoms with van der Waals surface area (Å²) in [6, 6.07) is 8.54. The number of rotatable bonds is 2. The van der Waals surface area contributed by atoms with Crippen LogP contribution in [0.1, 0.15) is 24.0 Å². The van der Waals surface area contributed by atoms with E-state index in [1.165, 1.54) is 11.1 Å². The highest BCUT2D eigenvalue weighted by molar-refractivity contribution is 5.75. The molecule has 1 heteroatoms. The first-order valence-electron chi connectivity index (χ1n) is 4.36. The van der Waals surface area contributed by atoms with Gasteiger partial charge in [0, 0.05) is 11.6 Å². The van der Waals surface area contributed by atoms with Crippen LogP contribution >= 0.6 is 0 Å². The van der Waals surface area contributed by atoms with E-state index in [9.17, 15) is 0 Å². The van der Waals surface area contributed by atoms with Crippen LogP contribution in [0.3, 0.4) is 0 Å². The molecule has 2 rings (SSSR count). The maximum Gasteiger partial charge on any atom is 0.0300 e. The van der Waals surface area contributed by atoms with Crippen LogP contribution in [0.4, 0.5) is 0 Å². The van der Waals surface area contributed by atoms with E-state index >= 15 is 0 Å². The molecule has 1 aromatic carbocycles. The zero-order valence-corrected chi connectivity index (χ0v) is 7.30. The fraction of sp³-hybridized carbons (Fsp3) is 0.364. The molecule has 62 valence electrons. The molecule has 1 nitrogen and oxygen atoms in total. The normalized spacial score (nSPS) is 18.8. The number of benzene rings is 1. The first kappa shape index (κ1) is 7.53. The number of aryl methyl sites for hydroxylation is 1. The molecule has 0 saturated heterocycles. The summed E-state index contributed by atoms with van der Waals surface area (Å²) in [5, 5.41) is 7.33. The lowest BCUT2D eigenvalue weighted by Crippen LogP contribution is -2.06. The van der Waals surface area contributed by atoms with Gasteiger partial charge >= 0.3 is 0 Å². The Morgan fingerprint density at radius 1 is 1.25 bits per heavy atom. The van der Waals surface area contributed by atoms with Gasteiger partial charge in [-0.25, -0.2) is 0 Å². The molecule has 0 amide bonds. The summed E-state index contributed by atoms with van der Waals surface area (Å²) in [4.78, 5) is 0. The molecule has 1 N–H and O–H groups in total. The standard InChI is InChI=1S/C11H13N/c1-9-2-4-10(5-3-9)11(8-12)6-7-11/h2-5,8,12H,6-7H2,1H3. The molecule has 1 aliphatic rings. The highest BCUT2D eigenvalue weighted by Crippen LogP contribution is 2.46. The van der Waals surface area contributed by atoms with E-state index in [1.54, 1.807) is 6.21 Å². The minimum absolute atomic E-state index is 0.119. The Morgan fingerprint density at radius 2 is 1.83 bits per heavy atom. The summed E-state index contributed by atoms with van der Waals surface area (Å²) >= 11 is 0. The molecule has 1 aromatic rings. The Morgan fingerprint density at radius 3 is 2.25 bits per heavy atom. The minimum atomic E-state index is 0.119. The Hall–Kier alpha value is -1.11. The largest absolute Gasteiger partial charge is 0.312 e. The molecular formula is C11H13N. The lowest BCUT2D eigenvalue weighted by atomic mass is 9.97. The van der Waals surface area contributed by atoms with Gasteiger partial charge in [-0.2, -0.15) is 0 Å². The molecule has 0 bridgehead atoms. The van der Waals surface area contributed by atoms with E-state index in [0.29, 0.717) is 0 Å². The minimum Gasteiger partial charge on any atom is -0.312 e. The average Bonchev–Trinajstić information content (AvgIpc) is 2.86. The van der Waals surface area contributed by atoms with Crippen molar-refractivity contribution < 1.29 is 0 Å². The van der Waals surface area contributed by atoms with Gasteiger partial charge in [-0.1, -0.05) is 29.8 Å². The summed E-state index contributed by atoms with van der Waals surface area (Å²) < 4.78 is 0. The quantitative estimate of drug-likeness (QED) is 0.641. The second-order valence-electron chi connectivity index (χ2n) is 3.67. The van der Waals surface area contributed by atoms with Crippen LogP contribution in [0.15, 0.2) is 24.3 Å². The molecule has 1 saturated carbocycles. The Balaban J connectivity index is 2.35. The maximum atomic E-state index is 7.33. The van der Waals surface area contributed by atoms with Crippen molar-refractivity contribution in [2.24, 2.45) is 0 Å². The van der Waals surface area contributed by atoms with Gasteiger partial charge in [0.1, 0.15) is 0 Å². The fourth-order valence-electron chi connectivity index (χ4n) is 1.54. The van der Waals surface area contributed by atoms with E-state index in [2.05, 4.69) is 31.2 Å². The monoisotopic (exact) mass is 159 g/mol. The van der Waals surface area contributed by atoms with Crippen molar-refractivity contribution >= 4 is 6.21 Å². The Kier molecular flexibility index (Phi) is 1.53. The molecular weight excluding hydrogens is 146 g/mol. The predicted molar refractivity (Wildman–Crippen MR) is 50.9 cm³/mol. The van der Waals surface area contributed by atoms with Crippen LogP contribution in [-0.2, 0) is 5.41 Å². The van der Waals surface area contributed by atoms with Crippen molar-refractivity contribution in [3.63, 3.8) is 0 Å². The van der Waals surface area contributed by atoms with Gasteiger partial charge in [0.05, 0.1) is 0 Å². The predicted octanol–water partition coefficient (Wildman–Crippen LogP) is 2.68. The molecule has 0 spiro atoms. The molecule has 0 radical (unpaired) electrons. The van der Waals surface area contributed by atoms with Crippen LogP contribution in [0, 0.1) is 12.3 Å². The van der Waals surface area contributed by atoms with Crippen molar-refractivity contribution in [1.82, 2.24) is 0 Å². The van der Waals surface area contributed by atoms with Crippen LogP contribution in [0.5, 0.6) is 0 Å². The number of nitrogens with one attached hydrogen (secondary N) is 1. The smallest absolute Gasteiger partial charge is 0.0300 e. The molecule has 0 aromatic heterocycles. The van der Waals surface area contributed by atoms with E-state index in [1.807, 2.05) is 0 Å². The van der Waals surface area contributed by atoms with Crippen molar-refractivity contribution in [2.75, 3.05) is 0 Å². The molecule has 0 unspecified atom stereocenters. The third-order valence-electron chi connectivity index (χ3n) is 2.69. The number of hydrogen-bond donors (Lipinski definition) is 1. The van der Waals surface area contributed by atoms with E-state index in [4.69, 9.17) is 5.41 Å². The Bertz CT molecular complexity index is 293. The molecule has 0 heterocycles. The zero-order valence-electron chi connectivity index (χ0n) is 7.30. The number of hydrogen-bond acceptors (Lipinski definition) is 1. The maximum absolute atomic E-state index is 7.33. The van der Waals surface area contributed by atoms with Crippen molar-refractivity contribution in [1.29, 1.82) is 5.41 Å². The third kappa shape index (κ3) is 1.06. The van der Waals surface area contributed by atoms with E-state index in [-0.39, 0.29) is 5.41 Å². The van der Waals surface area contributed by atoms with Crippen molar-refractivity contribution in [3.05, 3.63) is 35.4 Å². The second-order valence-corrected chi connectivity index (χ2v) is 3.67. The zero-order chi connectivity index (χ0) is 8.60. The van der Waals surface area contributed by atoms with Crippen molar-refractivity contribution in [3.8, 4) is 0 Å². The van der Waals surface area contributed by atoms with Gasteiger partial charge in [0.15, 0.2) is 0 Å². The molecule has 1 aliphatic carbocycles. The van der Waals surface area contributed by atoms with Gasteiger partial charge < -0.3 is 5.41 Å². The van der Waals surface area contributed by atoms with Gasteiger partial charge in [-0.3, -0.25) is 0 Å². The second kappa shape index (κ2) is 2.44. The van der Waals surface area contributed by atoms with Crippen molar-refractivity contribution in [2.45, 2.75) is 25.2 Å². The summed E-state index contributed by atoms with van der Waals surface area (Å²) in [5.41, 5.74) is 2.72. The van der Waals surface area contributed by atoms with Crippen LogP contribution < -0.4 is 0 Å². The molecule has 12 heavy (non-hydrogen) atoms. The summed E-state index contributed by atoms with van der Waals surface area (Å²) in [6.45, 7) is 2.09. The first-order chi connectivity index (χ1) is 5.77. The van der Waals surface area contributed by atoms with Gasteiger partial charge in [-0.05, 0) is 25.3 Å². The third-order valence-corrected chi connectivity index (χ3v) is 2.69. The van der Waals surface area contributed by atoms with Gasteiger partial charge in [-0.15, -0.1) is 0 Å². The highest BCUT2D eigenvalue weighted by atomic mass is 14.5. The van der Waals surface area contributed by atoms with Gasteiger partial charge in [0.2, 0.25) is 0 Å². The molecule has 0 atom stereocenters. The lowest BCUT2D eigenvalue weighted by molar-refractivity contribution is 0.964. The fourth-order valence-corrected chi connectivity index (χ4v) is 1.54. The van der Waals surface area contributed by atoms with Crippen LogP contribution in [0.25, 0.3) is 0 Å². The molecule has 0 aliphatic heterocycles. The van der Waals surface area contributed by atoms with E-state index < -0.39 is 0 Å². The Labute approximate surface area is 72.9 Å². The lowest BCUT2D eigenvalue weighted by Gasteiger charge is -2.08.